The molecule has 4 heterocycles. The van der Waals surface area contributed by atoms with E-state index in [1.54, 1.807) is 54.8 Å². The molecule has 14 nitrogen and oxygen atoms in total. The molecule has 0 atom stereocenters. The number of benzene rings is 2. The van der Waals surface area contributed by atoms with Crippen LogP contribution in [0.1, 0.15) is 67.2 Å². The molecule has 4 aliphatic heterocycles. The van der Waals surface area contributed by atoms with E-state index < -0.39 is 34.3 Å². The quantitative estimate of drug-likeness (QED) is 0.254. The third-order valence-corrected chi connectivity index (χ3v) is 9.18. The number of hydrogen-bond acceptors (Lipinski definition) is 8. The molecule has 2 spiro atoms. The Hall–Kier alpha value is -4.41. The van der Waals surface area contributed by atoms with Gasteiger partial charge in [0.05, 0.1) is 5.69 Å². The van der Waals surface area contributed by atoms with Gasteiger partial charge in [-0.25, -0.2) is 24.1 Å². The van der Waals surface area contributed by atoms with Crippen LogP contribution in [0.4, 0.5) is 24.9 Å². The summed E-state index contributed by atoms with van der Waals surface area (Å²) in [5, 5.41) is 7.72. The summed E-state index contributed by atoms with van der Waals surface area (Å²) in [6.07, 6.45) is 0.791. The number of carbonyl (C=O) groups excluding carboxylic acids is 6. The maximum atomic E-state index is 12.9. The van der Waals surface area contributed by atoms with E-state index >= 15 is 0 Å². The molecule has 2 aromatic rings. The van der Waals surface area contributed by atoms with Crippen molar-refractivity contribution in [1.82, 2.24) is 25.8 Å². The van der Waals surface area contributed by atoms with E-state index in [1.807, 2.05) is 45.0 Å². The first-order chi connectivity index (χ1) is 23.8. The number of halogens is 1. The van der Waals surface area contributed by atoms with Gasteiger partial charge in [0.15, 0.2) is 0 Å². The van der Waals surface area contributed by atoms with Crippen LogP contribution in [-0.4, -0.2) is 94.3 Å². The second-order valence-corrected chi connectivity index (χ2v) is 16.0. The van der Waals surface area contributed by atoms with Gasteiger partial charge in [0.1, 0.15) is 22.3 Å². The highest BCUT2D eigenvalue weighted by atomic mass is 127. The van der Waals surface area contributed by atoms with Crippen LogP contribution < -0.4 is 20.9 Å². The molecule has 15 heteroatoms. The number of likely N-dealkylation sites (tertiary alicyclic amines) is 2. The minimum Gasteiger partial charge on any atom is -0.444 e. The van der Waals surface area contributed by atoms with Crippen LogP contribution in [-0.2, 0) is 19.1 Å². The van der Waals surface area contributed by atoms with Crippen LogP contribution in [0.25, 0.3) is 0 Å². The zero-order chi connectivity index (χ0) is 37.6. The van der Waals surface area contributed by atoms with Gasteiger partial charge in [-0.15, -0.1) is 0 Å². The number of imide groups is 2. The Labute approximate surface area is 312 Å². The fraction of sp³-hybridized carbons (Fsp3) is 0.500. The SMILES string of the molecule is CC(C)(C)OC(=O)N1CCC2(CC1)NC(=O)N(c1ccccc1)C2=O.CC(C)(C)OC(=O)N1CCC2(CC1)NC(=O)NC2=O.Ic1ccccc1. The van der Waals surface area contributed by atoms with E-state index in [9.17, 15) is 28.8 Å². The molecule has 51 heavy (non-hydrogen) atoms. The maximum Gasteiger partial charge on any atom is 0.410 e. The number of piperidine rings is 2. The molecule has 0 radical (unpaired) electrons. The maximum absolute atomic E-state index is 12.9. The van der Waals surface area contributed by atoms with E-state index in [-0.39, 0.29) is 24.0 Å². The predicted molar refractivity (Wildman–Crippen MR) is 198 cm³/mol. The van der Waals surface area contributed by atoms with E-state index in [2.05, 4.69) is 50.7 Å². The average Bonchev–Trinajstić information content (AvgIpc) is 3.46. The minimum atomic E-state index is -0.939. The highest BCUT2D eigenvalue weighted by molar-refractivity contribution is 14.1. The van der Waals surface area contributed by atoms with Crippen LogP contribution in [0.5, 0.6) is 0 Å². The van der Waals surface area contributed by atoms with Crippen LogP contribution in [0.3, 0.4) is 0 Å². The number of carbonyl (C=O) groups is 6. The first-order valence-corrected chi connectivity index (χ1v) is 17.9. The molecule has 6 rings (SSSR count). The Morgan fingerprint density at radius 3 is 1.47 bits per heavy atom. The van der Waals surface area contributed by atoms with Gasteiger partial charge in [-0.3, -0.25) is 14.9 Å². The van der Waals surface area contributed by atoms with Crippen LogP contribution >= 0.6 is 22.6 Å². The molecule has 276 valence electrons. The van der Waals surface area contributed by atoms with Gasteiger partial charge >= 0.3 is 24.2 Å². The Bertz CT molecular complexity index is 1590. The van der Waals surface area contributed by atoms with E-state index in [0.29, 0.717) is 57.5 Å². The summed E-state index contributed by atoms with van der Waals surface area (Å²) in [6, 6.07) is 18.2. The lowest BCUT2D eigenvalue weighted by atomic mass is 9.87. The number of nitrogens with one attached hydrogen (secondary N) is 3. The molecule has 4 aliphatic rings. The number of rotatable bonds is 1. The normalized spacial score (nSPS) is 19.2. The third kappa shape index (κ3) is 10.3. The summed E-state index contributed by atoms with van der Waals surface area (Å²) in [5.74, 6) is -0.561. The van der Waals surface area contributed by atoms with Gasteiger partial charge in [0.25, 0.3) is 11.8 Å². The van der Waals surface area contributed by atoms with Crippen molar-refractivity contribution in [2.75, 3.05) is 31.1 Å². The lowest BCUT2D eigenvalue weighted by Gasteiger charge is -2.37. The second kappa shape index (κ2) is 15.9. The zero-order valence-corrected chi connectivity index (χ0v) is 32.1. The fourth-order valence-corrected chi connectivity index (χ4v) is 6.28. The number of nitrogens with zero attached hydrogens (tertiary/aromatic N) is 3. The summed E-state index contributed by atoms with van der Waals surface area (Å²) < 4.78 is 11.9. The van der Waals surface area contributed by atoms with E-state index in [1.165, 1.54) is 8.47 Å². The van der Waals surface area contributed by atoms with Gasteiger partial charge in [0.2, 0.25) is 0 Å². The van der Waals surface area contributed by atoms with Crippen molar-refractivity contribution in [3.05, 3.63) is 64.2 Å². The number of hydrogen-bond donors (Lipinski definition) is 3. The zero-order valence-electron chi connectivity index (χ0n) is 29.9. The molecule has 0 aromatic heterocycles. The van der Waals surface area contributed by atoms with Crippen molar-refractivity contribution in [2.24, 2.45) is 0 Å². The monoisotopic (exact) mass is 818 g/mol. The molecule has 0 saturated carbocycles. The Balaban J connectivity index is 0.000000197. The second-order valence-electron chi connectivity index (χ2n) is 14.7. The van der Waals surface area contributed by atoms with Crippen LogP contribution in [0.2, 0.25) is 0 Å². The van der Waals surface area contributed by atoms with Crippen molar-refractivity contribution in [3.63, 3.8) is 0 Å². The van der Waals surface area contributed by atoms with Crippen LogP contribution in [0, 0.1) is 3.57 Å². The summed E-state index contributed by atoms with van der Waals surface area (Å²) in [4.78, 5) is 76.6. The molecular weight excluding hydrogens is 771 g/mol. The van der Waals surface area contributed by atoms with Gasteiger partial charge < -0.3 is 29.9 Å². The molecule has 2 aromatic carbocycles. The van der Waals surface area contributed by atoms with Crippen LogP contribution in [0.15, 0.2) is 60.7 Å². The fourth-order valence-electron chi connectivity index (χ4n) is 5.86. The smallest absolute Gasteiger partial charge is 0.410 e. The minimum absolute atomic E-state index is 0.257. The predicted octanol–water partition coefficient (Wildman–Crippen LogP) is 5.40. The van der Waals surface area contributed by atoms with Gasteiger partial charge in [-0.2, -0.15) is 0 Å². The highest BCUT2D eigenvalue weighted by Gasteiger charge is 2.53. The number of urea groups is 2. The number of amides is 8. The van der Waals surface area contributed by atoms with Crippen molar-refractivity contribution < 1.29 is 38.2 Å². The average molecular weight is 819 g/mol. The first kappa shape index (κ1) is 39.4. The summed E-state index contributed by atoms with van der Waals surface area (Å²) in [5.41, 5.74) is -2.34. The number of anilines is 1. The Kier molecular flexibility index (Phi) is 12.2. The van der Waals surface area contributed by atoms with Gasteiger partial charge in [-0.1, -0.05) is 36.4 Å². The summed E-state index contributed by atoms with van der Waals surface area (Å²) in [6.45, 7) is 12.4. The molecule has 0 bridgehead atoms. The van der Waals surface area contributed by atoms with E-state index in [4.69, 9.17) is 9.47 Å². The van der Waals surface area contributed by atoms with Crippen molar-refractivity contribution in [1.29, 1.82) is 0 Å². The number of para-hydroxylation sites is 1. The standard InChI is InChI=1S/C18H23N3O4.C12H19N3O4.C6H5I/c1-17(2,3)25-16(24)20-11-9-18(10-12-20)14(22)21(15(23)19-18)13-7-5-4-6-8-13;1-11(2,3)19-10(18)15-6-4-12(5-7-15)8(16)13-9(17)14-12;7-6-4-2-1-3-5-6/h4-8H,9-12H2,1-3H3,(H,19,23);4-7H2,1-3H3,(H2,13,14,16,17);1-5H. The van der Waals surface area contributed by atoms with Crippen molar-refractivity contribution >= 4 is 64.3 Å². The van der Waals surface area contributed by atoms with Crippen molar-refractivity contribution in [2.45, 2.75) is 89.5 Å². The van der Waals surface area contributed by atoms with Gasteiger partial charge in [0, 0.05) is 29.7 Å². The molecule has 0 aliphatic carbocycles. The molecule has 0 unspecified atom stereocenters. The Morgan fingerprint density at radius 2 is 1.10 bits per heavy atom. The summed E-state index contributed by atoms with van der Waals surface area (Å²) >= 11 is 2.28. The van der Waals surface area contributed by atoms with E-state index in [0.717, 1.165) is 0 Å². The Morgan fingerprint density at radius 1 is 0.667 bits per heavy atom. The number of ether oxygens (including phenoxy) is 2. The van der Waals surface area contributed by atoms with Crippen molar-refractivity contribution in [3.8, 4) is 0 Å². The highest BCUT2D eigenvalue weighted by Crippen LogP contribution is 2.33. The lowest BCUT2D eigenvalue weighted by molar-refractivity contribution is -0.125. The molecule has 8 amide bonds. The topological polar surface area (TPSA) is 167 Å². The third-order valence-electron chi connectivity index (χ3n) is 8.46. The first-order valence-electron chi connectivity index (χ1n) is 16.8. The molecular formula is C36H47IN6O8. The summed E-state index contributed by atoms with van der Waals surface area (Å²) in [7, 11) is 0. The molecule has 4 fully saturated rings. The van der Waals surface area contributed by atoms with Gasteiger partial charge in [-0.05, 0) is 114 Å². The lowest BCUT2D eigenvalue weighted by Crippen LogP contribution is -2.56. The molecule has 3 N–H and O–H groups in total. The largest absolute Gasteiger partial charge is 0.444 e. The molecule has 4 saturated heterocycles.